The lowest BCUT2D eigenvalue weighted by atomic mass is 10.1. The van der Waals surface area contributed by atoms with Gasteiger partial charge in [0, 0.05) is 33.7 Å². The van der Waals surface area contributed by atoms with Gasteiger partial charge in [0.25, 0.3) is 5.91 Å². The minimum atomic E-state index is -0.311. The van der Waals surface area contributed by atoms with Crippen molar-refractivity contribution in [2.24, 2.45) is 0 Å². The van der Waals surface area contributed by atoms with Gasteiger partial charge in [0.05, 0.1) is 20.8 Å². The molecule has 1 aromatic rings. The van der Waals surface area contributed by atoms with E-state index in [9.17, 15) is 9.59 Å². The van der Waals surface area contributed by atoms with E-state index in [4.69, 9.17) is 14.2 Å². The van der Waals surface area contributed by atoms with E-state index in [0.29, 0.717) is 43.3 Å². The quantitative estimate of drug-likeness (QED) is 0.731. The molecule has 1 rings (SSSR count). The van der Waals surface area contributed by atoms with Gasteiger partial charge in [-0.05, 0) is 12.1 Å². The summed E-state index contributed by atoms with van der Waals surface area (Å²) in [5.41, 5.74) is 0.337. The van der Waals surface area contributed by atoms with Crippen LogP contribution in [0.15, 0.2) is 18.2 Å². The molecule has 0 atom stereocenters. The number of nitrogens with one attached hydrogen (secondary N) is 1. The zero-order valence-electron chi connectivity index (χ0n) is 14.0. The number of rotatable bonds is 9. The van der Waals surface area contributed by atoms with Gasteiger partial charge in [-0.2, -0.15) is 0 Å². The summed E-state index contributed by atoms with van der Waals surface area (Å²) in [4.78, 5) is 25.5. The Morgan fingerprint density at radius 2 is 1.70 bits per heavy atom. The molecule has 0 aliphatic carbocycles. The lowest BCUT2D eigenvalue weighted by Gasteiger charge is -2.21. The molecule has 1 aromatic carbocycles. The number of carbonyl (C=O) groups excluding carboxylic acids is 2. The van der Waals surface area contributed by atoms with Gasteiger partial charge in [-0.15, -0.1) is 0 Å². The first kappa shape index (κ1) is 18.8. The van der Waals surface area contributed by atoms with Crippen LogP contribution < -0.4 is 14.8 Å². The number of carbonyl (C=O) groups is 2. The molecule has 0 radical (unpaired) electrons. The predicted molar refractivity (Wildman–Crippen MR) is 86.0 cm³/mol. The Kier molecular flexibility index (Phi) is 7.90. The van der Waals surface area contributed by atoms with Crippen LogP contribution in [0.2, 0.25) is 0 Å². The highest BCUT2D eigenvalue weighted by molar-refractivity contribution is 5.99. The van der Waals surface area contributed by atoms with Crippen molar-refractivity contribution >= 4 is 11.8 Å². The van der Waals surface area contributed by atoms with Crippen LogP contribution >= 0.6 is 0 Å². The number of nitrogens with zero attached hydrogens (tertiary/aromatic N) is 1. The minimum Gasteiger partial charge on any atom is -0.496 e. The Hall–Kier alpha value is -2.28. The molecular weight excluding hydrogens is 300 g/mol. The van der Waals surface area contributed by atoms with Crippen molar-refractivity contribution in [3.05, 3.63) is 23.8 Å². The third-order valence-corrected chi connectivity index (χ3v) is 3.33. The fourth-order valence-electron chi connectivity index (χ4n) is 2.10. The molecular formula is C16H24N2O5. The number of methoxy groups -OCH3 is 3. The molecule has 0 fully saturated rings. The molecule has 0 spiro atoms. The largest absolute Gasteiger partial charge is 0.496 e. The average Bonchev–Trinajstić information content (AvgIpc) is 2.56. The summed E-state index contributed by atoms with van der Waals surface area (Å²) >= 11 is 0. The average molecular weight is 324 g/mol. The summed E-state index contributed by atoms with van der Waals surface area (Å²) in [6, 6.07) is 5.13. The van der Waals surface area contributed by atoms with Crippen LogP contribution in [0, 0.1) is 0 Å². The fourth-order valence-corrected chi connectivity index (χ4v) is 2.10. The SMILES string of the molecule is COCCN(CCNC(=O)c1c(OC)cccc1OC)C(C)=O. The van der Waals surface area contributed by atoms with E-state index >= 15 is 0 Å². The zero-order chi connectivity index (χ0) is 17.2. The summed E-state index contributed by atoms with van der Waals surface area (Å²) in [6.45, 7) is 3.15. The Labute approximate surface area is 136 Å². The van der Waals surface area contributed by atoms with E-state index in [1.54, 1.807) is 30.2 Å². The maximum Gasteiger partial charge on any atom is 0.258 e. The summed E-state index contributed by atoms with van der Waals surface area (Å²) < 4.78 is 15.4. The molecule has 0 aliphatic heterocycles. The molecule has 0 unspecified atom stereocenters. The molecule has 0 aliphatic rings. The third kappa shape index (κ3) is 5.45. The number of hydrogen-bond donors (Lipinski definition) is 1. The summed E-state index contributed by atoms with van der Waals surface area (Å²) in [5.74, 6) is 0.495. The van der Waals surface area contributed by atoms with Crippen molar-refractivity contribution in [2.75, 3.05) is 47.6 Å². The van der Waals surface area contributed by atoms with Crippen LogP contribution in [-0.2, 0) is 9.53 Å². The fraction of sp³-hybridized carbons (Fsp3) is 0.500. The van der Waals surface area contributed by atoms with Crippen molar-refractivity contribution < 1.29 is 23.8 Å². The van der Waals surface area contributed by atoms with E-state index < -0.39 is 0 Å². The van der Waals surface area contributed by atoms with Gasteiger partial charge in [0.15, 0.2) is 0 Å². The molecule has 128 valence electrons. The Morgan fingerprint density at radius 3 is 2.17 bits per heavy atom. The van der Waals surface area contributed by atoms with Crippen molar-refractivity contribution in [1.29, 1.82) is 0 Å². The summed E-state index contributed by atoms with van der Waals surface area (Å²) in [6.07, 6.45) is 0. The maximum atomic E-state index is 12.4. The summed E-state index contributed by atoms with van der Waals surface area (Å²) in [5, 5.41) is 2.78. The van der Waals surface area contributed by atoms with Crippen molar-refractivity contribution in [3.63, 3.8) is 0 Å². The van der Waals surface area contributed by atoms with Gasteiger partial charge in [0.1, 0.15) is 17.1 Å². The van der Waals surface area contributed by atoms with Crippen molar-refractivity contribution in [1.82, 2.24) is 10.2 Å². The van der Waals surface area contributed by atoms with E-state index in [2.05, 4.69) is 5.32 Å². The number of benzene rings is 1. The molecule has 7 heteroatoms. The van der Waals surface area contributed by atoms with E-state index in [1.807, 2.05) is 0 Å². The molecule has 0 bridgehead atoms. The molecule has 0 heterocycles. The van der Waals surface area contributed by atoms with Gasteiger partial charge in [-0.3, -0.25) is 9.59 Å². The molecule has 0 saturated heterocycles. The first-order chi connectivity index (χ1) is 11.0. The predicted octanol–water partition coefficient (Wildman–Crippen LogP) is 0.928. The second-order valence-electron chi connectivity index (χ2n) is 4.79. The summed E-state index contributed by atoms with van der Waals surface area (Å²) in [7, 11) is 4.57. The highest BCUT2D eigenvalue weighted by atomic mass is 16.5. The van der Waals surface area contributed by atoms with Crippen LogP contribution in [0.4, 0.5) is 0 Å². The molecule has 7 nitrogen and oxygen atoms in total. The van der Waals surface area contributed by atoms with Gasteiger partial charge in [-0.25, -0.2) is 0 Å². The second-order valence-corrected chi connectivity index (χ2v) is 4.79. The maximum absolute atomic E-state index is 12.4. The number of amides is 2. The van der Waals surface area contributed by atoms with Gasteiger partial charge >= 0.3 is 0 Å². The van der Waals surface area contributed by atoms with Gasteiger partial charge in [0.2, 0.25) is 5.91 Å². The molecule has 0 saturated carbocycles. The molecule has 23 heavy (non-hydrogen) atoms. The van der Waals surface area contributed by atoms with Crippen molar-refractivity contribution in [3.8, 4) is 11.5 Å². The Morgan fingerprint density at radius 1 is 1.09 bits per heavy atom. The molecule has 2 amide bonds. The minimum absolute atomic E-state index is 0.0637. The normalized spacial score (nSPS) is 10.1. The first-order valence-corrected chi connectivity index (χ1v) is 7.28. The van der Waals surface area contributed by atoms with E-state index in [-0.39, 0.29) is 11.8 Å². The monoisotopic (exact) mass is 324 g/mol. The Balaban J connectivity index is 2.68. The molecule has 0 aromatic heterocycles. The standard InChI is InChI=1S/C16H24N2O5/c1-12(19)18(10-11-21-2)9-8-17-16(20)15-13(22-3)6-5-7-14(15)23-4/h5-7H,8-11H2,1-4H3,(H,17,20). The van der Waals surface area contributed by atoms with Crippen LogP contribution in [0.3, 0.4) is 0 Å². The van der Waals surface area contributed by atoms with Gasteiger partial charge < -0.3 is 24.4 Å². The topological polar surface area (TPSA) is 77.1 Å². The van der Waals surface area contributed by atoms with Gasteiger partial charge in [-0.1, -0.05) is 6.07 Å². The van der Waals surface area contributed by atoms with Crippen molar-refractivity contribution in [2.45, 2.75) is 6.92 Å². The highest BCUT2D eigenvalue weighted by Crippen LogP contribution is 2.27. The molecule has 1 N–H and O–H groups in total. The first-order valence-electron chi connectivity index (χ1n) is 7.28. The second kappa shape index (κ2) is 9.68. The van der Waals surface area contributed by atoms with Crippen LogP contribution in [0.25, 0.3) is 0 Å². The number of hydrogen-bond acceptors (Lipinski definition) is 5. The van der Waals surface area contributed by atoms with Crippen LogP contribution in [-0.4, -0.2) is 64.3 Å². The lowest BCUT2D eigenvalue weighted by molar-refractivity contribution is -0.129. The van der Waals surface area contributed by atoms with E-state index in [0.717, 1.165) is 0 Å². The Bertz CT molecular complexity index is 511. The zero-order valence-corrected chi connectivity index (χ0v) is 14.0. The highest BCUT2D eigenvalue weighted by Gasteiger charge is 2.18. The van der Waals surface area contributed by atoms with E-state index in [1.165, 1.54) is 21.1 Å². The van der Waals surface area contributed by atoms with Crippen LogP contribution in [0.5, 0.6) is 11.5 Å². The third-order valence-electron chi connectivity index (χ3n) is 3.33. The van der Waals surface area contributed by atoms with Crippen LogP contribution in [0.1, 0.15) is 17.3 Å². The number of ether oxygens (including phenoxy) is 3. The lowest BCUT2D eigenvalue weighted by Crippen LogP contribution is -2.39. The smallest absolute Gasteiger partial charge is 0.258 e.